The summed E-state index contributed by atoms with van der Waals surface area (Å²) < 4.78 is 29.5. The average molecular weight is 463 g/mol. The summed E-state index contributed by atoms with van der Waals surface area (Å²) in [6, 6.07) is 7.70. The fraction of sp³-hybridized carbons (Fsp3) is 0.333. The van der Waals surface area contributed by atoms with Gasteiger partial charge in [0.05, 0.1) is 16.9 Å². The standard InChI is InChI=1S/C21H26N4O4S2/c1-5-25-15(3)17(14(2)22-25)10-11-24(4)19-9-8-16(13-18(19)21(26)27)23-31(28,29)20-7-6-12-30-20/h6-9,12-13,23H,5,10-11H2,1-4H3,(H,26,27). The molecule has 2 aromatic heterocycles. The monoisotopic (exact) mass is 462 g/mol. The van der Waals surface area contributed by atoms with E-state index in [1.165, 1.54) is 12.1 Å². The Bertz CT molecular complexity index is 1180. The van der Waals surface area contributed by atoms with Gasteiger partial charge in [0, 0.05) is 31.5 Å². The van der Waals surface area contributed by atoms with E-state index >= 15 is 0 Å². The topological polar surface area (TPSA) is 105 Å². The number of aromatic carboxylic acids is 1. The van der Waals surface area contributed by atoms with Gasteiger partial charge in [0.25, 0.3) is 10.0 Å². The van der Waals surface area contributed by atoms with Crippen molar-refractivity contribution in [3.8, 4) is 0 Å². The minimum Gasteiger partial charge on any atom is -0.478 e. The predicted octanol–water partition coefficient (Wildman–Crippen LogP) is 3.76. The van der Waals surface area contributed by atoms with Gasteiger partial charge in [-0.15, -0.1) is 11.3 Å². The summed E-state index contributed by atoms with van der Waals surface area (Å²) in [4.78, 5) is 13.7. The zero-order valence-corrected chi connectivity index (χ0v) is 19.5. The van der Waals surface area contributed by atoms with Crippen molar-refractivity contribution >= 4 is 38.7 Å². The van der Waals surface area contributed by atoms with Gasteiger partial charge < -0.3 is 10.0 Å². The molecule has 3 aromatic rings. The fourth-order valence-corrected chi connectivity index (χ4v) is 5.57. The Hall–Kier alpha value is -2.85. The molecule has 8 nitrogen and oxygen atoms in total. The minimum absolute atomic E-state index is 0.0339. The van der Waals surface area contributed by atoms with Crippen LogP contribution < -0.4 is 9.62 Å². The van der Waals surface area contributed by atoms with Gasteiger partial charge in [-0.2, -0.15) is 5.10 Å². The highest BCUT2D eigenvalue weighted by Gasteiger charge is 2.20. The molecule has 0 bridgehead atoms. The first-order chi connectivity index (χ1) is 14.6. The Morgan fingerprint density at radius 2 is 2.03 bits per heavy atom. The summed E-state index contributed by atoms with van der Waals surface area (Å²) in [6.07, 6.45) is 0.722. The maximum atomic E-state index is 12.4. The number of aryl methyl sites for hydroxylation is 2. The third-order valence-corrected chi connectivity index (χ3v) is 7.96. The smallest absolute Gasteiger partial charge is 0.337 e. The molecule has 0 saturated carbocycles. The van der Waals surface area contributed by atoms with Crippen LogP contribution >= 0.6 is 11.3 Å². The number of carboxylic acid groups (broad SMARTS) is 1. The summed E-state index contributed by atoms with van der Waals surface area (Å²) in [7, 11) is -1.92. The van der Waals surface area contributed by atoms with Crippen LogP contribution in [0.2, 0.25) is 0 Å². The first-order valence-electron chi connectivity index (χ1n) is 9.81. The van der Waals surface area contributed by atoms with Crippen molar-refractivity contribution in [3.05, 3.63) is 58.2 Å². The highest BCUT2D eigenvalue weighted by molar-refractivity contribution is 7.94. The second-order valence-electron chi connectivity index (χ2n) is 7.21. The van der Waals surface area contributed by atoms with Crippen LogP contribution in [0.3, 0.4) is 0 Å². The van der Waals surface area contributed by atoms with Crippen LogP contribution in [-0.2, 0) is 23.0 Å². The number of likely N-dealkylation sites (N-methyl/N-ethyl adjacent to an activating group) is 1. The minimum atomic E-state index is -3.75. The van der Waals surface area contributed by atoms with E-state index in [4.69, 9.17) is 0 Å². The molecule has 0 atom stereocenters. The highest BCUT2D eigenvalue weighted by atomic mass is 32.2. The summed E-state index contributed by atoms with van der Waals surface area (Å²) in [5, 5.41) is 15.9. The van der Waals surface area contributed by atoms with Gasteiger partial charge >= 0.3 is 5.97 Å². The van der Waals surface area contributed by atoms with E-state index in [-0.39, 0.29) is 15.5 Å². The first kappa shape index (κ1) is 22.8. The average Bonchev–Trinajstić information content (AvgIpc) is 3.35. The number of aromatic nitrogens is 2. The van der Waals surface area contributed by atoms with Crippen LogP contribution in [0.4, 0.5) is 11.4 Å². The van der Waals surface area contributed by atoms with Crippen LogP contribution in [-0.4, -0.2) is 42.9 Å². The van der Waals surface area contributed by atoms with Crippen molar-refractivity contribution in [1.29, 1.82) is 0 Å². The molecule has 0 aliphatic heterocycles. The molecule has 2 N–H and O–H groups in total. The summed E-state index contributed by atoms with van der Waals surface area (Å²) >= 11 is 1.10. The molecule has 0 fully saturated rings. The third kappa shape index (κ3) is 4.91. The van der Waals surface area contributed by atoms with Gasteiger partial charge in [0.15, 0.2) is 0 Å². The van der Waals surface area contributed by atoms with Crippen LogP contribution in [0.1, 0.15) is 34.2 Å². The lowest BCUT2D eigenvalue weighted by Gasteiger charge is -2.22. The van der Waals surface area contributed by atoms with Crippen LogP contribution in [0.25, 0.3) is 0 Å². The fourth-order valence-electron chi connectivity index (χ4n) is 3.53. The van der Waals surface area contributed by atoms with E-state index in [0.29, 0.717) is 12.2 Å². The number of benzene rings is 1. The molecule has 0 spiro atoms. The normalized spacial score (nSPS) is 11.5. The maximum Gasteiger partial charge on any atom is 0.337 e. The number of carboxylic acids is 1. The SMILES string of the molecule is CCn1nc(C)c(CCN(C)c2ccc(NS(=O)(=O)c3cccs3)cc2C(=O)O)c1C. The second kappa shape index (κ2) is 9.11. The Balaban J connectivity index is 1.81. The van der Waals surface area contributed by atoms with Gasteiger partial charge in [0.2, 0.25) is 0 Å². The molecular weight excluding hydrogens is 436 g/mol. The number of hydrogen-bond acceptors (Lipinski definition) is 6. The van der Waals surface area contributed by atoms with E-state index in [2.05, 4.69) is 9.82 Å². The quantitative estimate of drug-likeness (QED) is 0.502. The largest absolute Gasteiger partial charge is 0.478 e. The molecule has 166 valence electrons. The number of thiophene rings is 1. The number of anilines is 2. The number of carbonyl (C=O) groups is 1. The van der Waals surface area contributed by atoms with Gasteiger partial charge in [0.1, 0.15) is 4.21 Å². The highest BCUT2D eigenvalue weighted by Crippen LogP contribution is 2.27. The molecule has 2 heterocycles. The Labute approximate surface area is 186 Å². The zero-order chi connectivity index (χ0) is 22.8. The van der Waals surface area contributed by atoms with Gasteiger partial charge in [-0.05, 0) is 62.4 Å². The number of nitrogens with zero attached hydrogens (tertiary/aromatic N) is 3. The number of sulfonamides is 1. The molecule has 0 radical (unpaired) electrons. The summed E-state index contributed by atoms with van der Waals surface area (Å²) in [6.45, 7) is 7.45. The summed E-state index contributed by atoms with van der Waals surface area (Å²) in [5.41, 5.74) is 4.01. The van der Waals surface area contributed by atoms with Crippen LogP contribution in [0.5, 0.6) is 0 Å². The third-order valence-electron chi connectivity index (χ3n) is 5.18. The molecule has 10 heteroatoms. The van der Waals surface area contributed by atoms with Crippen molar-refractivity contribution in [3.63, 3.8) is 0 Å². The maximum absolute atomic E-state index is 12.4. The van der Waals surface area contributed by atoms with Crippen molar-refractivity contribution in [2.75, 3.05) is 23.2 Å². The van der Waals surface area contributed by atoms with E-state index in [1.54, 1.807) is 23.6 Å². The zero-order valence-electron chi connectivity index (χ0n) is 17.9. The lowest BCUT2D eigenvalue weighted by molar-refractivity contribution is 0.0697. The lowest BCUT2D eigenvalue weighted by Crippen LogP contribution is -2.23. The summed E-state index contributed by atoms with van der Waals surface area (Å²) in [5.74, 6) is -1.12. The van der Waals surface area contributed by atoms with Gasteiger partial charge in [-0.25, -0.2) is 13.2 Å². The first-order valence-corrected chi connectivity index (χ1v) is 12.2. The Morgan fingerprint density at radius 1 is 1.29 bits per heavy atom. The molecule has 0 amide bonds. The van der Waals surface area contributed by atoms with Crippen molar-refractivity contribution < 1.29 is 18.3 Å². The van der Waals surface area contributed by atoms with Crippen molar-refractivity contribution in [2.24, 2.45) is 0 Å². The molecule has 31 heavy (non-hydrogen) atoms. The molecule has 0 aliphatic carbocycles. The number of hydrogen-bond donors (Lipinski definition) is 2. The molecule has 0 saturated heterocycles. The second-order valence-corrected chi connectivity index (χ2v) is 10.1. The number of nitrogens with one attached hydrogen (secondary N) is 1. The van der Waals surface area contributed by atoms with Crippen molar-refractivity contribution in [1.82, 2.24) is 9.78 Å². The molecule has 3 rings (SSSR count). The van der Waals surface area contributed by atoms with Crippen molar-refractivity contribution in [2.45, 2.75) is 37.9 Å². The predicted molar refractivity (Wildman–Crippen MR) is 123 cm³/mol. The molecule has 0 unspecified atom stereocenters. The van der Waals surface area contributed by atoms with Crippen LogP contribution in [0, 0.1) is 13.8 Å². The molecule has 1 aromatic carbocycles. The Morgan fingerprint density at radius 3 is 2.61 bits per heavy atom. The van der Waals surface area contributed by atoms with E-state index in [1.807, 2.05) is 37.4 Å². The van der Waals surface area contributed by atoms with Gasteiger partial charge in [-0.3, -0.25) is 9.40 Å². The number of rotatable bonds is 9. The lowest BCUT2D eigenvalue weighted by atomic mass is 10.1. The molecular formula is C21H26N4O4S2. The van der Waals surface area contributed by atoms with E-state index in [9.17, 15) is 18.3 Å². The van der Waals surface area contributed by atoms with E-state index < -0.39 is 16.0 Å². The Kier molecular flexibility index (Phi) is 6.71. The van der Waals surface area contributed by atoms with Gasteiger partial charge in [-0.1, -0.05) is 6.07 Å². The van der Waals surface area contributed by atoms with E-state index in [0.717, 1.165) is 41.3 Å². The molecule has 0 aliphatic rings. The van der Waals surface area contributed by atoms with Crippen LogP contribution in [0.15, 0.2) is 39.9 Å².